The van der Waals surface area contributed by atoms with Gasteiger partial charge in [-0.15, -0.1) is 11.6 Å². The highest BCUT2D eigenvalue weighted by atomic mass is 35.5. The van der Waals surface area contributed by atoms with Crippen molar-refractivity contribution in [2.45, 2.75) is 25.1 Å². The molecule has 1 N–H and O–H groups in total. The number of phenols is 1. The Morgan fingerprint density at radius 1 is 0.952 bits per heavy atom. The van der Waals surface area contributed by atoms with Gasteiger partial charge in [0.05, 0.1) is 5.38 Å². The molecule has 0 aliphatic carbocycles. The smallest absolute Gasteiger partial charge is 0.115 e. The predicted molar refractivity (Wildman–Crippen MR) is 90.5 cm³/mol. The molecular weight excluding hydrogens is 282 g/mol. The first kappa shape index (κ1) is 15.7. The Kier molecular flexibility index (Phi) is 5.13. The monoisotopic (exact) mass is 303 g/mol. The first-order valence-corrected chi connectivity index (χ1v) is 7.65. The van der Waals surface area contributed by atoms with E-state index in [1.54, 1.807) is 12.1 Å². The summed E-state index contributed by atoms with van der Waals surface area (Å²) in [6.07, 6.45) is 0. The highest BCUT2D eigenvalue weighted by Gasteiger charge is 2.12. The summed E-state index contributed by atoms with van der Waals surface area (Å²) in [5.41, 5.74) is 3.50. The second-order valence-electron chi connectivity index (χ2n) is 5.69. The summed E-state index contributed by atoms with van der Waals surface area (Å²) in [7, 11) is 2.00. The standard InChI is InChI=1S/C18H22ClNO/c1-13(2)14-4-6-15(7-5-14)18(19)12-20(3)16-8-10-17(21)11-9-16/h4-11,13,18,21H,12H2,1-3H3. The minimum Gasteiger partial charge on any atom is -0.508 e. The Hall–Kier alpha value is -1.67. The number of hydrogen-bond acceptors (Lipinski definition) is 2. The fourth-order valence-corrected chi connectivity index (χ4v) is 2.60. The van der Waals surface area contributed by atoms with Crippen LogP contribution >= 0.6 is 11.6 Å². The van der Waals surface area contributed by atoms with E-state index in [-0.39, 0.29) is 11.1 Å². The molecule has 2 rings (SSSR count). The van der Waals surface area contributed by atoms with Crippen molar-refractivity contribution >= 4 is 17.3 Å². The van der Waals surface area contributed by atoms with Crippen molar-refractivity contribution in [1.29, 1.82) is 0 Å². The molecule has 1 unspecified atom stereocenters. The quantitative estimate of drug-likeness (QED) is 0.792. The minimum atomic E-state index is -0.0648. The molecule has 0 aliphatic heterocycles. The van der Waals surface area contributed by atoms with Crippen LogP contribution in [0.15, 0.2) is 48.5 Å². The van der Waals surface area contributed by atoms with Crippen LogP contribution in [0, 0.1) is 0 Å². The van der Waals surface area contributed by atoms with Crippen molar-refractivity contribution in [2.75, 3.05) is 18.5 Å². The van der Waals surface area contributed by atoms with Gasteiger partial charge in [-0.05, 0) is 41.3 Å². The molecule has 0 saturated carbocycles. The van der Waals surface area contributed by atoms with Crippen molar-refractivity contribution < 1.29 is 5.11 Å². The lowest BCUT2D eigenvalue weighted by Gasteiger charge is -2.23. The maximum absolute atomic E-state index is 9.32. The Bertz CT molecular complexity index is 563. The molecule has 2 nitrogen and oxygen atoms in total. The Morgan fingerprint density at radius 2 is 1.48 bits per heavy atom. The van der Waals surface area contributed by atoms with Crippen LogP contribution in [-0.2, 0) is 0 Å². The van der Waals surface area contributed by atoms with Gasteiger partial charge in [-0.25, -0.2) is 0 Å². The summed E-state index contributed by atoms with van der Waals surface area (Å²) >= 11 is 6.52. The highest BCUT2D eigenvalue weighted by Crippen LogP contribution is 2.26. The molecule has 2 aromatic rings. The third-order valence-corrected chi connectivity index (χ3v) is 4.08. The molecule has 0 heterocycles. The van der Waals surface area contributed by atoms with E-state index in [1.807, 2.05) is 19.2 Å². The minimum absolute atomic E-state index is 0.0648. The van der Waals surface area contributed by atoms with Crippen LogP contribution in [0.5, 0.6) is 5.75 Å². The predicted octanol–water partition coefficient (Wildman–Crippen LogP) is 4.93. The van der Waals surface area contributed by atoms with Gasteiger partial charge >= 0.3 is 0 Å². The van der Waals surface area contributed by atoms with Gasteiger partial charge in [0.2, 0.25) is 0 Å². The fraction of sp³-hybridized carbons (Fsp3) is 0.333. The first-order chi connectivity index (χ1) is 9.97. The normalized spacial score (nSPS) is 12.4. The van der Waals surface area contributed by atoms with Gasteiger partial charge < -0.3 is 10.0 Å². The zero-order chi connectivity index (χ0) is 15.4. The van der Waals surface area contributed by atoms with E-state index in [4.69, 9.17) is 11.6 Å². The number of nitrogens with zero attached hydrogens (tertiary/aromatic N) is 1. The molecule has 0 bridgehead atoms. The Balaban J connectivity index is 2.03. The van der Waals surface area contributed by atoms with Crippen LogP contribution in [0.4, 0.5) is 5.69 Å². The molecule has 2 aromatic carbocycles. The van der Waals surface area contributed by atoms with Gasteiger partial charge in [-0.2, -0.15) is 0 Å². The van der Waals surface area contributed by atoms with Gasteiger partial charge in [0.25, 0.3) is 0 Å². The summed E-state index contributed by atoms with van der Waals surface area (Å²) < 4.78 is 0. The van der Waals surface area contributed by atoms with E-state index >= 15 is 0 Å². The maximum atomic E-state index is 9.32. The summed E-state index contributed by atoms with van der Waals surface area (Å²) in [5, 5.41) is 9.26. The second kappa shape index (κ2) is 6.86. The number of aromatic hydroxyl groups is 1. The number of alkyl halides is 1. The Labute approximate surface area is 132 Å². The topological polar surface area (TPSA) is 23.5 Å². The van der Waals surface area contributed by atoms with Gasteiger partial charge in [-0.1, -0.05) is 38.1 Å². The van der Waals surface area contributed by atoms with Gasteiger partial charge in [0.15, 0.2) is 0 Å². The van der Waals surface area contributed by atoms with Crippen LogP contribution in [0.25, 0.3) is 0 Å². The second-order valence-corrected chi connectivity index (χ2v) is 6.21. The van der Waals surface area contributed by atoms with Crippen LogP contribution in [0.3, 0.4) is 0 Å². The van der Waals surface area contributed by atoms with Crippen LogP contribution in [0.2, 0.25) is 0 Å². The van der Waals surface area contributed by atoms with Gasteiger partial charge in [-0.3, -0.25) is 0 Å². The number of anilines is 1. The zero-order valence-corrected chi connectivity index (χ0v) is 13.5. The number of benzene rings is 2. The van der Waals surface area contributed by atoms with Crippen molar-refractivity contribution in [1.82, 2.24) is 0 Å². The lowest BCUT2D eigenvalue weighted by atomic mass is 10.0. The van der Waals surface area contributed by atoms with Gasteiger partial charge in [0.1, 0.15) is 5.75 Å². The molecule has 3 heteroatoms. The zero-order valence-electron chi connectivity index (χ0n) is 12.8. The van der Waals surface area contributed by atoms with Crippen LogP contribution in [0.1, 0.15) is 36.3 Å². The summed E-state index contributed by atoms with van der Waals surface area (Å²) in [6, 6.07) is 15.7. The average molecular weight is 304 g/mol. The SMILES string of the molecule is CC(C)c1ccc(C(Cl)CN(C)c2ccc(O)cc2)cc1. The van der Waals surface area contributed by atoms with Crippen molar-refractivity contribution in [2.24, 2.45) is 0 Å². The maximum Gasteiger partial charge on any atom is 0.115 e. The summed E-state index contributed by atoms with van der Waals surface area (Å²) in [4.78, 5) is 2.09. The molecule has 1 atom stereocenters. The van der Waals surface area contributed by atoms with E-state index in [0.29, 0.717) is 12.5 Å². The number of halogens is 1. The van der Waals surface area contributed by atoms with E-state index in [2.05, 4.69) is 43.0 Å². The summed E-state index contributed by atoms with van der Waals surface area (Å²) in [6.45, 7) is 5.09. The molecule has 112 valence electrons. The molecular formula is C18H22ClNO. The van der Waals surface area contributed by atoms with E-state index in [0.717, 1.165) is 11.3 Å². The van der Waals surface area contributed by atoms with Crippen molar-refractivity contribution in [3.63, 3.8) is 0 Å². The molecule has 0 fully saturated rings. The molecule has 0 radical (unpaired) electrons. The lowest BCUT2D eigenvalue weighted by molar-refractivity contribution is 0.475. The number of phenolic OH excluding ortho intramolecular Hbond substituents is 1. The van der Waals surface area contributed by atoms with E-state index in [9.17, 15) is 5.11 Å². The summed E-state index contributed by atoms with van der Waals surface area (Å²) in [5.74, 6) is 0.811. The molecule has 0 amide bonds. The average Bonchev–Trinajstić information content (AvgIpc) is 2.47. The van der Waals surface area contributed by atoms with Crippen molar-refractivity contribution in [3.05, 3.63) is 59.7 Å². The van der Waals surface area contributed by atoms with E-state index in [1.165, 1.54) is 5.56 Å². The third kappa shape index (κ3) is 4.15. The Morgan fingerprint density at radius 3 is 2.00 bits per heavy atom. The number of rotatable bonds is 5. The third-order valence-electron chi connectivity index (χ3n) is 3.69. The number of likely N-dealkylation sites (N-methyl/N-ethyl adjacent to an activating group) is 1. The highest BCUT2D eigenvalue weighted by molar-refractivity contribution is 6.21. The van der Waals surface area contributed by atoms with Gasteiger partial charge in [0, 0.05) is 19.3 Å². The molecule has 0 spiro atoms. The van der Waals surface area contributed by atoms with E-state index < -0.39 is 0 Å². The van der Waals surface area contributed by atoms with Crippen molar-refractivity contribution in [3.8, 4) is 5.75 Å². The van der Waals surface area contributed by atoms with Crippen LogP contribution < -0.4 is 4.90 Å². The molecule has 0 aromatic heterocycles. The fourth-order valence-electron chi connectivity index (χ4n) is 2.25. The first-order valence-electron chi connectivity index (χ1n) is 7.21. The van der Waals surface area contributed by atoms with Crippen LogP contribution in [-0.4, -0.2) is 18.7 Å². The molecule has 0 aliphatic rings. The molecule has 21 heavy (non-hydrogen) atoms. The largest absolute Gasteiger partial charge is 0.508 e. The lowest BCUT2D eigenvalue weighted by Crippen LogP contribution is -2.21. The molecule has 0 saturated heterocycles. The number of hydrogen-bond donors (Lipinski definition) is 1.